The van der Waals surface area contributed by atoms with Crippen molar-refractivity contribution < 1.29 is 14.3 Å². The van der Waals surface area contributed by atoms with Gasteiger partial charge in [0, 0.05) is 17.4 Å². The third kappa shape index (κ3) is 5.92. The summed E-state index contributed by atoms with van der Waals surface area (Å²) in [5, 5.41) is 0.977. The fourth-order valence-corrected chi connectivity index (χ4v) is 2.95. The predicted molar refractivity (Wildman–Crippen MR) is 89.4 cm³/mol. The molecule has 2 rings (SSSR count). The zero-order valence-corrected chi connectivity index (χ0v) is 14.3. The molecule has 5 nitrogen and oxygen atoms in total. The van der Waals surface area contributed by atoms with Crippen LogP contribution < -0.4 is 15.6 Å². The van der Waals surface area contributed by atoms with Gasteiger partial charge in [-0.25, -0.2) is 0 Å². The lowest BCUT2D eigenvalue weighted by molar-refractivity contribution is -0.131. The van der Waals surface area contributed by atoms with Crippen molar-refractivity contribution in [3.63, 3.8) is 0 Å². The van der Waals surface area contributed by atoms with Crippen molar-refractivity contribution in [2.45, 2.75) is 38.5 Å². The van der Waals surface area contributed by atoms with E-state index < -0.39 is 0 Å². The van der Waals surface area contributed by atoms with Crippen molar-refractivity contribution in [1.82, 2.24) is 10.9 Å². The second-order valence-electron chi connectivity index (χ2n) is 5.55. The smallest absolute Gasteiger partial charge is 0.241 e. The van der Waals surface area contributed by atoms with Crippen molar-refractivity contribution >= 4 is 35.0 Å². The number of hydrazine groups is 1. The highest BCUT2D eigenvalue weighted by Gasteiger charge is 2.22. The Morgan fingerprint density at radius 2 is 1.91 bits per heavy atom. The Labute approximate surface area is 145 Å². The molecule has 126 valence electrons. The van der Waals surface area contributed by atoms with Gasteiger partial charge in [0.15, 0.2) is 0 Å². The Hall–Kier alpha value is -1.46. The van der Waals surface area contributed by atoms with Crippen molar-refractivity contribution in [1.29, 1.82) is 0 Å². The van der Waals surface area contributed by atoms with E-state index in [1.165, 1.54) is 0 Å². The van der Waals surface area contributed by atoms with Crippen LogP contribution in [0, 0.1) is 5.92 Å². The van der Waals surface area contributed by atoms with Crippen LogP contribution in [0.3, 0.4) is 0 Å². The lowest BCUT2D eigenvalue weighted by Gasteiger charge is -2.11. The van der Waals surface area contributed by atoms with Gasteiger partial charge in [0.25, 0.3) is 0 Å². The molecule has 0 radical (unpaired) electrons. The molecular weight excluding hydrogens is 339 g/mol. The first-order valence-electron chi connectivity index (χ1n) is 7.73. The van der Waals surface area contributed by atoms with Crippen LogP contribution in [0.5, 0.6) is 5.75 Å². The van der Waals surface area contributed by atoms with Gasteiger partial charge in [-0.1, -0.05) is 36.0 Å². The van der Waals surface area contributed by atoms with Gasteiger partial charge in [-0.3, -0.25) is 20.4 Å². The SMILES string of the molecule is O=C(CCCOc1ccc(Cl)cc1Cl)NNC(=O)C1CCCC1. The van der Waals surface area contributed by atoms with Gasteiger partial charge in [0.1, 0.15) is 5.75 Å². The zero-order valence-electron chi connectivity index (χ0n) is 12.7. The van der Waals surface area contributed by atoms with Gasteiger partial charge in [0.05, 0.1) is 11.6 Å². The molecule has 1 aliphatic carbocycles. The summed E-state index contributed by atoms with van der Waals surface area (Å²) >= 11 is 11.8. The largest absolute Gasteiger partial charge is 0.492 e. The molecule has 23 heavy (non-hydrogen) atoms. The molecule has 0 saturated heterocycles. The Balaban J connectivity index is 1.60. The average Bonchev–Trinajstić information content (AvgIpc) is 3.05. The maximum Gasteiger partial charge on any atom is 0.241 e. The number of carbonyl (C=O) groups excluding carboxylic acids is 2. The Morgan fingerprint density at radius 1 is 1.17 bits per heavy atom. The van der Waals surface area contributed by atoms with E-state index in [9.17, 15) is 9.59 Å². The quantitative estimate of drug-likeness (QED) is 0.604. The van der Waals surface area contributed by atoms with Crippen LogP contribution in [0.15, 0.2) is 18.2 Å². The second-order valence-corrected chi connectivity index (χ2v) is 6.39. The third-order valence-electron chi connectivity index (χ3n) is 3.75. The summed E-state index contributed by atoms with van der Waals surface area (Å²) in [6.07, 6.45) is 4.74. The van der Waals surface area contributed by atoms with Gasteiger partial charge in [-0.05, 0) is 37.5 Å². The van der Waals surface area contributed by atoms with E-state index in [4.69, 9.17) is 27.9 Å². The average molecular weight is 359 g/mol. The first-order valence-corrected chi connectivity index (χ1v) is 8.48. The number of carbonyl (C=O) groups is 2. The molecule has 0 unspecified atom stereocenters. The fraction of sp³-hybridized carbons (Fsp3) is 0.500. The molecule has 0 aromatic heterocycles. The number of rotatable bonds is 6. The highest BCUT2D eigenvalue weighted by Crippen LogP contribution is 2.27. The number of ether oxygens (including phenoxy) is 1. The Kier molecular flexibility index (Phi) is 6.99. The monoisotopic (exact) mass is 358 g/mol. The molecule has 0 bridgehead atoms. The summed E-state index contributed by atoms with van der Waals surface area (Å²) in [5.41, 5.74) is 4.92. The lowest BCUT2D eigenvalue weighted by atomic mass is 10.1. The van der Waals surface area contributed by atoms with E-state index in [2.05, 4.69) is 10.9 Å². The fourth-order valence-electron chi connectivity index (χ4n) is 2.49. The molecule has 7 heteroatoms. The van der Waals surface area contributed by atoms with Gasteiger partial charge >= 0.3 is 0 Å². The summed E-state index contributed by atoms with van der Waals surface area (Å²) in [5.74, 6) is 0.235. The van der Waals surface area contributed by atoms with Crippen LogP contribution in [0.25, 0.3) is 0 Å². The van der Waals surface area contributed by atoms with Gasteiger partial charge in [-0.2, -0.15) is 0 Å². The molecule has 1 aromatic carbocycles. The first kappa shape index (κ1) is 17.9. The highest BCUT2D eigenvalue weighted by molar-refractivity contribution is 6.35. The minimum absolute atomic E-state index is 0.0330. The molecule has 0 heterocycles. The summed E-state index contributed by atoms with van der Waals surface area (Å²) < 4.78 is 5.49. The van der Waals surface area contributed by atoms with E-state index in [1.807, 2.05) is 0 Å². The van der Waals surface area contributed by atoms with Crippen molar-refractivity contribution in [2.75, 3.05) is 6.61 Å². The molecule has 0 aliphatic heterocycles. The topological polar surface area (TPSA) is 67.4 Å². The molecule has 1 saturated carbocycles. The van der Waals surface area contributed by atoms with Gasteiger partial charge in [-0.15, -0.1) is 0 Å². The number of halogens is 2. The number of hydrogen-bond donors (Lipinski definition) is 2. The summed E-state index contributed by atoms with van der Waals surface area (Å²) in [6.45, 7) is 0.353. The standard InChI is InChI=1S/C16H20Cl2N2O3/c17-12-7-8-14(13(18)10-12)23-9-3-6-15(21)19-20-16(22)11-4-1-2-5-11/h7-8,10-11H,1-6,9H2,(H,19,21)(H,20,22). The molecule has 1 aromatic rings. The molecule has 2 N–H and O–H groups in total. The molecule has 1 fully saturated rings. The minimum atomic E-state index is -0.234. The summed E-state index contributed by atoms with van der Waals surface area (Å²) in [7, 11) is 0. The molecule has 0 spiro atoms. The van der Waals surface area contributed by atoms with Crippen molar-refractivity contribution in [2.24, 2.45) is 5.92 Å². The van der Waals surface area contributed by atoms with Crippen LogP contribution in [-0.2, 0) is 9.59 Å². The highest BCUT2D eigenvalue weighted by atomic mass is 35.5. The van der Waals surface area contributed by atoms with E-state index in [0.717, 1.165) is 25.7 Å². The van der Waals surface area contributed by atoms with Crippen molar-refractivity contribution in [3.8, 4) is 5.75 Å². The van der Waals surface area contributed by atoms with Crippen LogP contribution in [0.4, 0.5) is 0 Å². The van der Waals surface area contributed by atoms with Gasteiger partial charge < -0.3 is 4.74 Å². The summed E-state index contributed by atoms with van der Waals surface area (Å²) in [4.78, 5) is 23.4. The van der Waals surface area contributed by atoms with E-state index >= 15 is 0 Å². The van der Waals surface area contributed by atoms with Crippen LogP contribution >= 0.6 is 23.2 Å². The van der Waals surface area contributed by atoms with Gasteiger partial charge in [0.2, 0.25) is 11.8 Å². The zero-order chi connectivity index (χ0) is 16.7. The molecule has 1 aliphatic rings. The molecular formula is C16H20Cl2N2O3. The molecule has 2 amide bonds. The number of amides is 2. The molecule has 0 atom stereocenters. The number of hydrogen-bond acceptors (Lipinski definition) is 3. The lowest BCUT2D eigenvalue weighted by Crippen LogP contribution is -2.44. The van der Waals surface area contributed by atoms with E-state index in [0.29, 0.717) is 28.8 Å². The minimum Gasteiger partial charge on any atom is -0.492 e. The third-order valence-corrected chi connectivity index (χ3v) is 4.28. The normalized spacial score (nSPS) is 14.5. The van der Waals surface area contributed by atoms with Crippen LogP contribution in [-0.4, -0.2) is 18.4 Å². The maximum atomic E-state index is 11.8. The second kappa shape index (κ2) is 8.99. The number of nitrogens with one attached hydrogen (secondary N) is 2. The maximum absolute atomic E-state index is 11.8. The van der Waals surface area contributed by atoms with Crippen LogP contribution in [0.2, 0.25) is 10.0 Å². The summed E-state index contributed by atoms with van der Waals surface area (Å²) in [6, 6.07) is 4.98. The Morgan fingerprint density at radius 3 is 2.61 bits per heavy atom. The van der Waals surface area contributed by atoms with E-state index in [-0.39, 0.29) is 24.2 Å². The Bertz CT molecular complexity index is 560. The van der Waals surface area contributed by atoms with Crippen LogP contribution in [0.1, 0.15) is 38.5 Å². The number of benzene rings is 1. The predicted octanol–water partition coefficient (Wildman–Crippen LogP) is 3.49. The van der Waals surface area contributed by atoms with E-state index in [1.54, 1.807) is 18.2 Å². The first-order chi connectivity index (χ1) is 11.1. The van der Waals surface area contributed by atoms with Crippen molar-refractivity contribution in [3.05, 3.63) is 28.2 Å².